The number of phenolic OH excluding ortho intramolecular Hbond substituents is 1. The van der Waals surface area contributed by atoms with Crippen molar-refractivity contribution in [1.82, 2.24) is 15.1 Å². The molecule has 0 spiro atoms. The number of aromatic nitrogens is 2. The first-order valence-corrected chi connectivity index (χ1v) is 13.0. The number of nitrogens with one attached hydrogen (secondary N) is 1. The van der Waals surface area contributed by atoms with Crippen molar-refractivity contribution in [3.63, 3.8) is 0 Å². The molecule has 0 radical (unpaired) electrons. The van der Waals surface area contributed by atoms with Crippen LogP contribution in [0.3, 0.4) is 0 Å². The van der Waals surface area contributed by atoms with Gasteiger partial charge in [-0.3, -0.25) is 9.89 Å². The summed E-state index contributed by atoms with van der Waals surface area (Å²) in [7, 11) is 1.61. The Bertz CT molecular complexity index is 1450. The number of benzene rings is 3. The fourth-order valence-corrected chi connectivity index (χ4v) is 4.88. The number of fused-ring (bicyclic) bond motifs is 1. The Morgan fingerprint density at radius 3 is 2.55 bits per heavy atom. The minimum Gasteiger partial charge on any atom is -0.507 e. The number of methoxy groups -OCH3 is 1. The topological polar surface area (TPSA) is 87.7 Å². The number of nitrogens with zero attached hydrogens (tertiary/aromatic N) is 2. The summed E-state index contributed by atoms with van der Waals surface area (Å²) >= 11 is 6.10. The summed E-state index contributed by atoms with van der Waals surface area (Å²) in [5, 5.41) is 18.6. The van der Waals surface area contributed by atoms with E-state index in [0.717, 1.165) is 17.5 Å². The van der Waals surface area contributed by atoms with E-state index in [2.05, 4.69) is 24.0 Å². The van der Waals surface area contributed by atoms with Gasteiger partial charge in [0.25, 0.3) is 5.91 Å². The molecule has 1 unspecified atom stereocenters. The van der Waals surface area contributed by atoms with Crippen LogP contribution in [0.1, 0.15) is 53.5 Å². The molecule has 8 heteroatoms. The molecule has 1 amide bonds. The van der Waals surface area contributed by atoms with Crippen LogP contribution in [-0.4, -0.2) is 39.8 Å². The Kier molecular flexibility index (Phi) is 7.29. The number of carbonyl (C=O) groups is 1. The maximum Gasteiger partial charge on any atom is 0.273 e. The summed E-state index contributed by atoms with van der Waals surface area (Å²) in [6.07, 6.45) is 0.930. The maximum absolute atomic E-state index is 13.7. The second kappa shape index (κ2) is 10.8. The lowest BCUT2D eigenvalue weighted by molar-refractivity contribution is 0.0730. The zero-order valence-corrected chi connectivity index (χ0v) is 22.3. The van der Waals surface area contributed by atoms with Crippen molar-refractivity contribution in [3.8, 4) is 28.5 Å². The molecule has 0 fully saturated rings. The van der Waals surface area contributed by atoms with Crippen molar-refractivity contribution >= 4 is 17.5 Å². The predicted molar refractivity (Wildman–Crippen MR) is 147 cm³/mol. The van der Waals surface area contributed by atoms with E-state index in [-0.39, 0.29) is 11.7 Å². The zero-order chi connectivity index (χ0) is 26.8. The van der Waals surface area contributed by atoms with Crippen LogP contribution in [0.25, 0.3) is 11.3 Å². The van der Waals surface area contributed by atoms with E-state index in [9.17, 15) is 9.90 Å². The number of amides is 1. The molecule has 1 atom stereocenters. The zero-order valence-electron chi connectivity index (χ0n) is 21.6. The first kappa shape index (κ1) is 25.7. The van der Waals surface area contributed by atoms with Gasteiger partial charge >= 0.3 is 0 Å². The Morgan fingerprint density at radius 2 is 1.84 bits per heavy atom. The summed E-state index contributed by atoms with van der Waals surface area (Å²) in [5.74, 6) is 1.68. The number of phenols is 1. The summed E-state index contributed by atoms with van der Waals surface area (Å²) in [6, 6.07) is 19.7. The van der Waals surface area contributed by atoms with Gasteiger partial charge in [0.05, 0.1) is 19.8 Å². The molecule has 0 saturated carbocycles. The second-order valence-corrected chi connectivity index (χ2v) is 10.2. The average molecular weight is 532 g/mol. The van der Waals surface area contributed by atoms with Gasteiger partial charge in [-0.15, -0.1) is 0 Å². The molecule has 2 N–H and O–H groups in total. The largest absolute Gasteiger partial charge is 0.507 e. The lowest BCUT2D eigenvalue weighted by atomic mass is 9.95. The van der Waals surface area contributed by atoms with E-state index < -0.39 is 6.04 Å². The quantitative estimate of drug-likeness (QED) is 0.253. The predicted octanol–water partition coefficient (Wildman–Crippen LogP) is 6.61. The first-order chi connectivity index (χ1) is 18.4. The lowest BCUT2D eigenvalue weighted by Gasteiger charge is -2.27. The van der Waals surface area contributed by atoms with Gasteiger partial charge in [0.1, 0.15) is 17.1 Å². The van der Waals surface area contributed by atoms with Gasteiger partial charge in [0, 0.05) is 22.7 Å². The van der Waals surface area contributed by atoms with Crippen LogP contribution in [0.4, 0.5) is 0 Å². The minimum atomic E-state index is -0.472. The average Bonchev–Trinajstić information content (AvgIpc) is 3.44. The van der Waals surface area contributed by atoms with Gasteiger partial charge in [-0.2, -0.15) is 5.10 Å². The van der Waals surface area contributed by atoms with Crippen molar-refractivity contribution in [2.45, 2.75) is 32.9 Å². The number of aromatic amines is 1. The maximum atomic E-state index is 13.7. The number of carbonyl (C=O) groups excluding carboxylic acids is 1. The third kappa shape index (κ3) is 4.94. The molecule has 3 aromatic carbocycles. The number of ether oxygens (including phenoxy) is 2. The summed E-state index contributed by atoms with van der Waals surface area (Å²) in [6.45, 7) is 5.25. The van der Waals surface area contributed by atoms with Crippen LogP contribution >= 0.6 is 11.6 Å². The monoisotopic (exact) mass is 531 g/mol. The molecule has 0 aliphatic carbocycles. The minimum absolute atomic E-state index is 0.0932. The second-order valence-electron chi connectivity index (χ2n) is 9.78. The van der Waals surface area contributed by atoms with Gasteiger partial charge in [-0.25, -0.2) is 0 Å². The van der Waals surface area contributed by atoms with Crippen molar-refractivity contribution < 1.29 is 19.4 Å². The van der Waals surface area contributed by atoms with Crippen molar-refractivity contribution in [1.29, 1.82) is 0 Å². The van der Waals surface area contributed by atoms with E-state index >= 15 is 0 Å². The van der Waals surface area contributed by atoms with Crippen LogP contribution in [0.2, 0.25) is 5.02 Å². The van der Waals surface area contributed by atoms with E-state index in [0.29, 0.717) is 58.1 Å². The highest BCUT2D eigenvalue weighted by Gasteiger charge is 2.42. The number of rotatable bonds is 9. The highest BCUT2D eigenvalue weighted by Crippen LogP contribution is 2.46. The van der Waals surface area contributed by atoms with Gasteiger partial charge in [0.15, 0.2) is 11.5 Å². The Balaban J connectivity index is 1.59. The van der Waals surface area contributed by atoms with Gasteiger partial charge < -0.3 is 19.5 Å². The molecule has 1 aromatic heterocycles. The van der Waals surface area contributed by atoms with E-state index in [1.165, 1.54) is 0 Å². The number of halogens is 1. The lowest BCUT2D eigenvalue weighted by Crippen LogP contribution is -2.29. The third-order valence-corrected chi connectivity index (χ3v) is 7.00. The molecule has 1 aliphatic heterocycles. The van der Waals surface area contributed by atoms with Crippen LogP contribution in [0.15, 0.2) is 66.7 Å². The van der Waals surface area contributed by atoms with Crippen LogP contribution in [-0.2, 0) is 6.54 Å². The first-order valence-electron chi connectivity index (χ1n) is 12.6. The number of hydrogen-bond donors (Lipinski definition) is 2. The number of para-hydroxylation sites is 1. The van der Waals surface area contributed by atoms with E-state index in [1.54, 1.807) is 30.2 Å². The molecule has 7 nitrogen and oxygen atoms in total. The molecule has 0 bridgehead atoms. The van der Waals surface area contributed by atoms with Gasteiger partial charge in [0.2, 0.25) is 0 Å². The van der Waals surface area contributed by atoms with Crippen molar-refractivity contribution in [2.75, 3.05) is 13.7 Å². The molecule has 2 heterocycles. The van der Waals surface area contributed by atoms with Gasteiger partial charge in [-0.05, 0) is 59.9 Å². The normalized spacial score (nSPS) is 14.7. The smallest absolute Gasteiger partial charge is 0.273 e. The molecule has 5 rings (SSSR count). The standard InChI is InChI=1S/C30H30ClN3O4/c1-18(2)14-15-38-24-13-10-20(16-25(24)37-3)29-26-27(22-6-4-5-7-23(22)35)32-33-28(26)30(36)34(29)17-19-8-11-21(31)12-9-19/h4-13,16,18,29,35H,14-15,17H2,1-3H3,(H,32,33). The van der Waals surface area contributed by atoms with Gasteiger partial charge in [-0.1, -0.05) is 55.8 Å². The molecule has 4 aromatic rings. The van der Waals surface area contributed by atoms with E-state index in [1.807, 2.05) is 48.5 Å². The molecular formula is C30H30ClN3O4. The van der Waals surface area contributed by atoms with Crippen molar-refractivity contribution in [2.24, 2.45) is 5.92 Å². The molecule has 38 heavy (non-hydrogen) atoms. The summed E-state index contributed by atoms with van der Waals surface area (Å²) < 4.78 is 11.7. The highest BCUT2D eigenvalue weighted by molar-refractivity contribution is 6.30. The number of hydrogen-bond acceptors (Lipinski definition) is 5. The third-order valence-electron chi connectivity index (χ3n) is 6.75. The molecule has 1 aliphatic rings. The van der Waals surface area contributed by atoms with Crippen LogP contribution < -0.4 is 9.47 Å². The number of H-pyrrole nitrogens is 1. The summed E-state index contributed by atoms with van der Waals surface area (Å²) in [4.78, 5) is 15.5. The van der Waals surface area contributed by atoms with Crippen molar-refractivity contribution in [3.05, 3.63) is 94.1 Å². The Morgan fingerprint density at radius 1 is 1.08 bits per heavy atom. The molecule has 196 valence electrons. The van der Waals surface area contributed by atoms with E-state index in [4.69, 9.17) is 21.1 Å². The Hall–Kier alpha value is -3.97. The number of aromatic hydroxyl groups is 1. The van der Waals surface area contributed by atoms with Crippen LogP contribution in [0.5, 0.6) is 17.2 Å². The SMILES string of the molecule is COc1cc(C2c3c(-c4ccccc4O)n[nH]c3C(=O)N2Cc2ccc(Cl)cc2)ccc1OCCC(C)C. The molecular weight excluding hydrogens is 502 g/mol. The highest BCUT2D eigenvalue weighted by atomic mass is 35.5. The fraction of sp³-hybridized carbons (Fsp3) is 0.267. The Labute approximate surface area is 227 Å². The summed E-state index contributed by atoms with van der Waals surface area (Å²) in [5.41, 5.74) is 3.98. The fourth-order valence-electron chi connectivity index (χ4n) is 4.75. The van der Waals surface area contributed by atoms with Crippen LogP contribution in [0, 0.1) is 5.92 Å². The molecule has 0 saturated heterocycles.